The minimum absolute atomic E-state index is 0.0539. The quantitative estimate of drug-likeness (QED) is 0.150. The smallest absolute Gasteiger partial charge is 0.295 e. The number of ether oxygens (including phenoxy) is 2. The summed E-state index contributed by atoms with van der Waals surface area (Å²) in [6.07, 6.45) is 0. The first-order valence-electron chi connectivity index (χ1n) is 9.74. The third kappa shape index (κ3) is 4.61. The Kier molecular flexibility index (Phi) is 7.18. The molecule has 2 aromatic rings. The number of nitro groups is 1. The van der Waals surface area contributed by atoms with Gasteiger partial charge in [-0.2, -0.15) is 0 Å². The van der Waals surface area contributed by atoms with Crippen LogP contribution in [0.5, 0.6) is 5.75 Å². The van der Waals surface area contributed by atoms with Crippen molar-refractivity contribution in [2.75, 3.05) is 33.5 Å². The highest BCUT2D eigenvalue weighted by molar-refractivity contribution is 6.46. The van der Waals surface area contributed by atoms with Gasteiger partial charge in [0.15, 0.2) is 0 Å². The van der Waals surface area contributed by atoms with E-state index in [2.05, 4.69) is 0 Å². The minimum Gasteiger partial charge on any atom is -0.507 e. The Bertz CT molecular complexity index is 1030. The molecule has 0 saturated carbocycles. The van der Waals surface area contributed by atoms with Crippen molar-refractivity contribution in [2.24, 2.45) is 0 Å². The van der Waals surface area contributed by atoms with Gasteiger partial charge in [0.1, 0.15) is 11.5 Å². The van der Waals surface area contributed by atoms with E-state index >= 15 is 0 Å². The first-order valence-corrected chi connectivity index (χ1v) is 9.74. The van der Waals surface area contributed by atoms with E-state index < -0.39 is 28.4 Å². The first kappa shape index (κ1) is 22.9. The van der Waals surface area contributed by atoms with E-state index in [1.54, 1.807) is 24.3 Å². The summed E-state index contributed by atoms with van der Waals surface area (Å²) in [5.74, 6) is -1.53. The van der Waals surface area contributed by atoms with Crippen molar-refractivity contribution < 1.29 is 34.2 Å². The maximum absolute atomic E-state index is 12.9. The van der Waals surface area contributed by atoms with Crippen LogP contribution in [0.15, 0.2) is 54.1 Å². The number of hydrogen-bond donors (Lipinski definition) is 2. The number of nitrogens with zero attached hydrogens (tertiary/aromatic N) is 2. The van der Waals surface area contributed by atoms with Gasteiger partial charge in [-0.05, 0) is 29.8 Å². The second-order valence-corrected chi connectivity index (χ2v) is 6.91. The summed E-state index contributed by atoms with van der Waals surface area (Å²) in [6, 6.07) is 10.8. The molecule has 1 saturated heterocycles. The fourth-order valence-corrected chi connectivity index (χ4v) is 3.47. The highest BCUT2D eigenvalue weighted by Gasteiger charge is 2.45. The number of nitro benzene ring substituents is 1. The molecule has 10 nitrogen and oxygen atoms in total. The molecule has 0 unspecified atom stereocenters. The summed E-state index contributed by atoms with van der Waals surface area (Å²) in [5, 5.41) is 30.7. The summed E-state index contributed by atoms with van der Waals surface area (Å²) in [7, 11) is 1.51. The number of benzene rings is 2. The molecule has 168 valence electrons. The van der Waals surface area contributed by atoms with Gasteiger partial charge in [-0.25, -0.2) is 0 Å². The van der Waals surface area contributed by atoms with Crippen LogP contribution in [0.3, 0.4) is 0 Å². The molecule has 3 rings (SSSR count). The Morgan fingerprint density at radius 2 is 1.75 bits per heavy atom. The van der Waals surface area contributed by atoms with Crippen LogP contribution >= 0.6 is 0 Å². The number of amides is 1. The Labute approximate surface area is 183 Å². The highest BCUT2D eigenvalue weighted by atomic mass is 16.6. The molecule has 0 bridgehead atoms. The molecule has 32 heavy (non-hydrogen) atoms. The van der Waals surface area contributed by atoms with Crippen molar-refractivity contribution in [3.05, 3.63) is 75.3 Å². The standard InChI is InChI=1S/C22H22N2O8/c1-31-17-8-4-14(5-9-17)19-18(20(26)15-2-6-16(7-3-15)24(29)30)21(27)22(28)23(19)10-12-32-13-11-25/h2-9,19,25-26H,10-13H2,1H3/b20-18+/t19-/m1/s1. The molecule has 2 N–H and O–H groups in total. The van der Waals surface area contributed by atoms with E-state index in [0.29, 0.717) is 11.3 Å². The van der Waals surface area contributed by atoms with Gasteiger partial charge in [-0.1, -0.05) is 12.1 Å². The summed E-state index contributed by atoms with van der Waals surface area (Å²) in [4.78, 5) is 37.3. The van der Waals surface area contributed by atoms with E-state index in [9.17, 15) is 24.8 Å². The Morgan fingerprint density at radius 1 is 1.09 bits per heavy atom. The molecule has 2 aromatic carbocycles. The van der Waals surface area contributed by atoms with Gasteiger partial charge in [0.05, 0.1) is 43.5 Å². The lowest BCUT2D eigenvalue weighted by atomic mass is 9.95. The van der Waals surface area contributed by atoms with Gasteiger partial charge in [0.2, 0.25) is 0 Å². The number of non-ortho nitro benzene ring substituents is 1. The lowest BCUT2D eigenvalue weighted by molar-refractivity contribution is -0.384. The van der Waals surface area contributed by atoms with Crippen LogP contribution in [-0.2, 0) is 14.3 Å². The van der Waals surface area contributed by atoms with Crippen LogP contribution < -0.4 is 4.74 Å². The summed E-state index contributed by atoms with van der Waals surface area (Å²) in [6.45, 7) is 0.0386. The highest BCUT2D eigenvalue weighted by Crippen LogP contribution is 2.39. The number of aliphatic hydroxyl groups is 2. The summed E-state index contributed by atoms with van der Waals surface area (Å²) < 4.78 is 10.4. The first-order chi connectivity index (χ1) is 15.4. The van der Waals surface area contributed by atoms with E-state index in [4.69, 9.17) is 14.6 Å². The number of aliphatic hydroxyl groups excluding tert-OH is 2. The van der Waals surface area contributed by atoms with Gasteiger partial charge in [-0.15, -0.1) is 0 Å². The van der Waals surface area contributed by atoms with E-state index in [0.717, 1.165) is 0 Å². The van der Waals surface area contributed by atoms with Crippen LogP contribution in [0.4, 0.5) is 5.69 Å². The fourth-order valence-electron chi connectivity index (χ4n) is 3.47. The van der Waals surface area contributed by atoms with E-state index in [1.165, 1.54) is 36.3 Å². The summed E-state index contributed by atoms with van der Waals surface area (Å²) in [5.41, 5.74) is 0.435. The molecule has 1 aliphatic heterocycles. The van der Waals surface area contributed by atoms with Crippen LogP contribution in [0.25, 0.3) is 5.76 Å². The average molecular weight is 442 g/mol. The average Bonchev–Trinajstić information content (AvgIpc) is 3.06. The van der Waals surface area contributed by atoms with Crippen molar-refractivity contribution in [3.8, 4) is 5.75 Å². The zero-order chi connectivity index (χ0) is 23.3. The van der Waals surface area contributed by atoms with E-state index in [1.807, 2.05) is 0 Å². The second-order valence-electron chi connectivity index (χ2n) is 6.91. The van der Waals surface area contributed by atoms with Crippen LogP contribution in [-0.4, -0.2) is 65.2 Å². The fraction of sp³-hybridized carbons (Fsp3) is 0.273. The molecule has 0 spiro atoms. The monoisotopic (exact) mass is 442 g/mol. The Hall–Kier alpha value is -3.76. The number of Topliss-reactive ketones (excluding diaryl/α,β-unsaturated/α-hetero) is 1. The lowest BCUT2D eigenvalue weighted by Gasteiger charge is -2.25. The number of carbonyl (C=O) groups is 2. The molecular weight excluding hydrogens is 420 g/mol. The number of ketones is 1. The molecule has 1 aliphatic rings. The zero-order valence-corrected chi connectivity index (χ0v) is 17.3. The van der Waals surface area contributed by atoms with Crippen molar-refractivity contribution >= 4 is 23.1 Å². The number of hydrogen-bond acceptors (Lipinski definition) is 8. The SMILES string of the molecule is COc1ccc([C@@H]2/C(=C(\O)c3ccc([N+](=O)[O-])cc3)C(=O)C(=O)N2CCOCCO)cc1. The molecule has 1 fully saturated rings. The van der Waals surface area contributed by atoms with Crippen molar-refractivity contribution in [2.45, 2.75) is 6.04 Å². The Balaban J connectivity index is 2.05. The molecule has 10 heteroatoms. The van der Waals surface area contributed by atoms with Crippen molar-refractivity contribution in [3.63, 3.8) is 0 Å². The van der Waals surface area contributed by atoms with Gasteiger partial charge < -0.3 is 24.6 Å². The van der Waals surface area contributed by atoms with Crippen molar-refractivity contribution in [1.29, 1.82) is 0 Å². The van der Waals surface area contributed by atoms with Crippen LogP contribution in [0.2, 0.25) is 0 Å². The van der Waals surface area contributed by atoms with Gasteiger partial charge >= 0.3 is 0 Å². The topological polar surface area (TPSA) is 139 Å². The van der Waals surface area contributed by atoms with Crippen LogP contribution in [0, 0.1) is 10.1 Å². The number of carbonyl (C=O) groups excluding carboxylic acids is 2. The van der Waals surface area contributed by atoms with Gasteiger partial charge in [0, 0.05) is 24.2 Å². The molecule has 0 aliphatic carbocycles. The third-order valence-electron chi connectivity index (χ3n) is 5.04. The molecule has 1 amide bonds. The second kappa shape index (κ2) is 10.0. The van der Waals surface area contributed by atoms with Gasteiger partial charge in [0.25, 0.3) is 17.4 Å². The predicted molar refractivity (Wildman–Crippen MR) is 113 cm³/mol. The number of methoxy groups -OCH3 is 1. The molecule has 0 aromatic heterocycles. The molecular formula is C22H22N2O8. The largest absolute Gasteiger partial charge is 0.507 e. The van der Waals surface area contributed by atoms with E-state index in [-0.39, 0.29) is 43.2 Å². The Morgan fingerprint density at radius 3 is 2.31 bits per heavy atom. The molecule has 1 atom stereocenters. The van der Waals surface area contributed by atoms with Gasteiger partial charge in [-0.3, -0.25) is 19.7 Å². The van der Waals surface area contributed by atoms with Crippen molar-refractivity contribution in [1.82, 2.24) is 4.90 Å². The number of rotatable bonds is 9. The molecule has 0 radical (unpaired) electrons. The maximum atomic E-state index is 12.9. The third-order valence-corrected chi connectivity index (χ3v) is 5.04. The predicted octanol–water partition coefficient (Wildman–Crippen LogP) is 2.03. The van der Waals surface area contributed by atoms with Crippen LogP contribution in [0.1, 0.15) is 17.2 Å². The number of likely N-dealkylation sites (tertiary alicyclic amines) is 1. The summed E-state index contributed by atoms with van der Waals surface area (Å²) >= 11 is 0. The zero-order valence-electron chi connectivity index (χ0n) is 17.3. The lowest BCUT2D eigenvalue weighted by Crippen LogP contribution is -2.33. The normalized spacial score (nSPS) is 17.6. The molecule has 1 heterocycles. The maximum Gasteiger partial charge on any atom is 0.295 e. The minimum atomic E-state index is -0.895.